The molecule has 0 spiro atoms. The topological polar surface area (TPSA) is 103 Å². The molecule has 2 N–H and O–H groups in total. The average molecular weight is 307 g/mol. The molecule has 0 aliphatic carbocycles. The number of carboxylic acids is 1. The number of amides is 1. The Balaban J connectivity index is 2.45. The maximum absolute atomic E-state index is 12.4. The van der Waals surface area contributed by atoms with E-state index in [9.17, 15) is 19.5 Å². The van der Waals surface area contributed by atoms with Crippen LogP contribution in [0.15, 0.2) is 17.1 Å². The minimum absolute atomic E-state index is 0.0283. The number of aromatic carboxylic acids is 1. The number of carbonyl (C=O) groups excluding carboxylic acids is 1. The van der Waals surface area contributed by atoms with Gasteiger partial charge >= 0.3 is 5.97 Å². The summed E-state index contributed by atoms with van der Waals surface area (Å²) in [6.07, 6.45) is 1.32. The monoisotopic (exact) mass is 307 g/mol. The molecule has 0 radical (unpaired) electrons. The lowest BCUT2D eigenvalue weighted by Crippen LogP contribution is -2.31. The number of carbonyl (C=O) groups is 2. The van der Waals surface area contributed by atoms with E-state index in [0.717, 1.165) is 16.4 Å². The standard InChI is InChI=1S/C13H13N3O4S/c1-6-4-9(17)8(5-14-6)11(18)16(3)12-10(13(19)20)7(2)15-21-12/h4-5H,1-3H3,(H,14,17)(H,19,20). The number of H-pyrrole nitrogens is 1. The van der Waals surface area contributed by atoms with Gasteiger partial charge in [0.05, 0.1) is 5.69 Å². The number of nitrogens with zero attached hydrogens (tertiary/aromatic N) is 2. The number of aromatic nitrogens is 2. The van der Waals surface area contributed by atoms with Crippen molar-refractivity contribution < 1.29 is 14.7 Å². The Morgan fingerprint density at radius 3 is 2.62 bits per heavy atom. The summed E-state index contributed by atoms with van der Waals surface area (Å²) in [5.41, 5.74) is 0.477. The summed E-state index contributed by atoms with van der Waals surface area (Å²) in [6, 6.07) is 1.32. The Hall–Kier alpha value is -2.48. The number of aromatic amines is 1. The Labute approximate surface area is 124 Å². The smallest absolute Gasteiger partial charge is 0.340 e. The third-order valence-electron chi connectivity index (χ3n) is 2.96. The molecule has 0 aliphatic rings. The third-order valence-corrected chi connectivity index (χ3v) is 3.97. The van der Waals surface area contributed by atoms with Gasteiger partial charge in [-0.2, -0.15) is 4.37 Å². The largest absolute Gasteiger partial charge is 0.478 e. The Morgan fingerprint density at radius 1 is 1.38 bits per heavy atom. The van der Waals surface area contributed by atoms with Crippen molar-refractivity contribution in [3.05, 3.63) is 45.0 Å². The van der Waals surface area contributed by atoms with Crippen LogP contribution < -0.4 is 10.3 Å². The van der Waals surface area contributed by atoms with E-state index in [4.69, 9.17) is 0 Å². The van der Waals surface area contributed by atoms with Crippen molar-refractivity contribution in [1.82, 2.24) is 9.36 Å². The van der Waals surface area contributed by atoms with Crippen LogP contribution in [0.3, 0.4) is 0 Å². The summed E-state index contributed by atoms with van der Waals surface area (Å²) in [7, 11) is 1.42. The number of aryl methyl sites for hydroxylation is 2. The van der Waals surface area contributed by atoms with E-state index in [1.54, 1.807) is 13.8 Å². The predicted octanol–water partition coefficient (Wildman–Crippen LogP) is 1.42. The molecule has 2 aromatic heterocycles. The summed E-state index contributed by atoms with van der Waals surface area (Å²) < 4.78 is 3.95. The van der Waals surface area contributed by atoms with Gasteiger partial charge in [-0.3, -0.25) is 9.59 Å². The van der Waals surface area contributed by atoms with Crippen molar-refractivity contribution >= 4 is 28.4 Å². The third kappa shape index (κ3) is 2.70. The molecular formula is C13H13N3O4S. The number of nitrogens with one attached hydrogen (secondary N) is 1. The molecule has 21 heavy (non-hydrogen) atoms. The Morgan fingerprint density at radius 2 is 2.05 bits per heavy atom. The van der Waals surface area contributed by atoms with E-state index in [1.807, 2.05) is 0 Å². The predicted molar refractivity (Wildman–Crippen MR) is 78.3 cm³/mol. The van der Waals surface area contributed by atoms with E-state index in [2.05, 4.69) is 9.36 Å². The lowest BCUT2D eigenvalue weighted by molar-refractivity contribution is 0.0697. The normalized spacial score (nSPS) is 10.4. The zero-order chi connectivity index (χ0) is 15.7. The van der Waals surface area contributed by atoms with Crippen molar-refractivity contribution in [1.29, 1.82) is 0 Å². The first kappa shape index (κ1) is 14.9. The van der Waals surface area contributed by atoms with E-state index >= 15 is 0 Å². The van der Waals surface area contributed by atoms with Crippen molar-refractivity contribution in [2.75, 3.05) is 11.9 Å². The first-order valence-corrected chi connectivity index (χ1v) is 6.77. The van der Waals surface area contributed by atoms with Crippen LogP contribution in [-0.2, 0) is 0 Å². The molecular weight excluding hydrogens is 294 g/mol. The molecule has 0 saturated carbocycles. The van der Waals surface area contributed by atoms with Crippen molar-refractivity contribution in [3.8, 4) is 0 Å². The highest BCUT2D eigenvalue weighted by atomic mass is 32.1. The molecule has 110 valence electrons. The zero-order valence-electron chi connectivity index (χ0n) is 11.6. The molecule has 2 aromatic rings. The maximum Gasteiger partial charge on any atom is 0.340 e. The fourth-order valence-electron chi connectivity index (χ4n) is 1.85. The van der Waals surface area contributed by atoms with Crippen molar-refractivity contribution in [2.45, 2.75) is 13.8 Å². The van der Waals surface area contributed by atoms with Gasteiger partial charge < -0.3 is 15.0 Å². The van der Waals surface area contributed by atoms with Crippen LogP contribution in [0.25, 0.3) is 0 Å². The van der Waals surface area contributed by atoms with Gasteiger partial charge in [-0.05, 0) is 25.4 Å². The Kier molecular flexibility index (Phi) is 3.90. The molecule has 8 heteroatoms. The molecule has 0 unspecified atom stereocenters. The minimum atomic E-state index is -1.16. The lowest BCUT2D eigenvalue weighted by atomic mass is 10.2. The molecule has 2 rings (SSSR count). The summed E-state index contributed by atoms with van der Waals surface area (Å²) in [5, 5.41) is 9.39. The molecule has 0 bridgehead atoms. The number of anilines is 1. The first-order chi connectivity index (χ1) is 9.82. The molecule has 0 aromatic carbocycles. The Bertz CT molecular complexity index is 778. The van der Waals surface area contributed by atoms with Crippen LogP contribution in [0.4, 0.5) is 5.00 Å². The summed E-state index contributed by atoms with van der Waals surface area (Å²) in [6.45, 7) is 3.26. The van der Waals surface area contributed by atoms with Gasteiger partial charge in [0.2, 0.25) is 0 Å². The average Bonchev–Trinajstić information content (AvgIpc) is 2.79. The van der Waals surface area contributed by atoms with Crippen LogP contribution in [0.5, 0.6) is 0 Å². The van der Waals surface area contributed by atoms with E-state index in [-0.39, 0.29) is 16.1 Å². The van der Waals surface area contributed by atoms with Gasteiger partial charge in [0, 0.05) is 25.0 Å². The van der Waals surface area contributed by atoms with Gasteiger partial charge in [-0.15, -0.1) is 0 Å². The summed E-state index contributed by atoms with van der Waals surface area (Å²) >= 11 is 0.907. The van der Waals surface area contributed by atoms with Crippen LogP contribution in [0, 0.1) is 13.8 Å². The summed E-state index contributed by atoms with van der Waals surface area (Å²) in [5.74, 6) is -1.74. The SMILES string of the molecule is Cc1cc(=O)c(C(=O)N(C)c2snc(C)c2C(=O)O)c[nH]1. The van der Waals surface area contributed by atoms with Crippen LogP contribution in [-0.4, -0.2) is 33.4 Å². The van der Waals surface area contributed by atoms with Crippen LogP contribution >= 0.6 is 11.5 Å². The van der Waals surface area contributed by atoms with Gasteiger partial charge in [0.15, 0.2) is 5.43 Å². The summed E-state index contributed by atoms with van der Waals surface area (Å²) in [4.78, 5) is 39.4. The number of hydrogen-bond donors (Lipinski definition) is 2. The molecule has 7 nitrogen and oxygen atoms in total. The van der Waals surface area contributed by atoms with E-state index in [0.29, 0.717) is 11.4 Å². The zero-order valence-corrected chi connectivity index (χ0v) is 12.4. The van der Waals surface area contributed by atoms with Gasteiger partial charge in [0.25, 0.3) is 5.91 Å². The molecule has 0 atom stereocenters. The molecule has 1 amide bonds. The highest BCUT2D eigenvalue weighted by Gasteiger charge is 2.25. The number of hydrogen-bond acceptors (Lipinski definition) is 5. The fourth-order valence-corrected chi connectivity index (χ4v) is 2.69. The fraction of sp³-hybridized carbons (Fsp3) is 0.231. The quantitative estimate of drug-likeness (QED) is 0.892. The maximum atomic E-state index is 12.4. The molecule has 2 heterocycles. The highest BCUT2D eigenvalue weighted by Crippen LogP contribution is 2.28. The lowest BCUT2D eigenvalue weighted by Gasteiger charge is -2.15. The van der Waals surface area contributed by atoms with Crippen LogP contribution in [0.2, 0.25) is 0 Å². The number of pyridine rings is 1. The van der Waals surface area contributed by atoms with Gasteiger partial charge in [-0.1, -0.05) is 0 Å². The second kappa shape index (κ2) is 5.49. The second-order valence-corrected chi connectivity index (χ2v) is 5.26. The molecule has 0 saturated heterocycles. The van der Waals surface area contributed by atoms with E-state index in [1.165, 1.54) is 19.3 Å². The van der Waals surface area contributed by atoms with Gasteiger partial charge in [0.1, 0.15) is 16.1 Å². The highest BCUT2D eigenvalue weighted by molar-refractivity contribution is 7.11. The number of carboxylic acid groups (broad SMARTS) is 1. The second-order valence-electron chi connectivity index (χ2n) is 4.51. The van der Waals surface area contributed by atoms with Crippen molar-refractivity contribution in [2.24, 2.45) is 0 Å². The van der Waals surface area contributed by atoms with Crippen molar-refractivity contribution in [3.63, 3.8) is 0 Å². The number of rotatable bonds is 3. The van der Waals surface area contributed by atoms with E-state index < -0.39 is 17.3 Å². The minimum Gasteiger partial charge on any atom is -0.478 e. The van der Waals surface area contributed by atoms with Crippen LogP contribution in [0.1, 0.15) is 32.1 Å². The molecule has 0 fully saturated rings. The molecule has 0 aliphatic heterocycles. The van der Waals surface area contributed by atoms with Gasteiger partial charge in [-0.25, -0.2) is 4.79 Å². The first-order valence-electron chi connectivity index (χ1n) is 6.00.